The molecule has 0 atom stereocenters. The minimum absolute atomic E-state index is 0.0732. The third-order valence-corrected chi connectivity index (χ3v) is 2.13. The molecule has 0 unspecified atom stereocenters. The number of hydrogen-bond donors (Lipinski definition) is 2. The van der Waals surface area contributed by atoms with Crippen LogP contribution in [0.5, 0.6) is 0 Å². The monoisotopic (exact) mass is 224 g/mol. The molecule has 5 nitrogen and oxygen atoms in total. The van der Waals surface area contributed by atoms with E-state index in [1.807, 2.05) is 34.0 Å². The Bertz CT molecular complexity index is 357. The second-order valence-corrected chi connectivity index (χ2v) is 4.20. The summed E-state index contributed by atoms with van der Waals surface area (Å²) in [5, 5.41) is 10.3. The molecule has 1 aromatic rings. The summed E-state index contributed by atoms with van der Waals surface area (Å²) in [5.74, 6) is 0.0732. The van der Waals surface area contributed by atoms with Crippen LogP contribution in [0, 0.1) is 6.92 Å². The van der Waals surface area contributed by atoms with Crippen molar-refractivity contribution in [3.63, 3.8) is 0 Å². The van der Waals surface area contributed by atoms with Crippen molar-refractivity contribution in [3.8, 4) is 0 Å². The quantitative estimate of drug-likeness (QED) is 0.786. The molecular formula is C11H20N4O. The fourth-order valence-electron chi connectivity index (χ4n) is 1.48. The number of aromatic nitrogens is 2. The van der Waals surface area contributed by atoms with Crippen molar-refractivity contribution in [1.82, 2.24) is 15.1 Å². The number of nitrogens with zero attached hydrogens (tertiary/aromatic N) is 2. The van der Waals surface area contributed by atoms with Crippen molar-refractivity contribution in [1.29, 1.82) is 0 Å². The van der Waals surface area contributed by atoms with Crippen molar-refractivity contribution in [2.24, 2.45) is 7.05 Å². The average molecular weight is 224 g/mol. The number of aryl methyl sites for hydroxylation is 2. The van der Waals surface area contributed by atoms with Gasteiger partial charge in [0, 0.05) is 32.3 Å². The Hall–Kier alpha value is -1.52. The second-order valence-electron chi connectivity index (χ2n) is 4.20. The fraction of sp³-hybridized carbons (Fsp3) is 0.636. The van der Waals surface area contributed by atoms with E-state index in [1.54, 1.807) is 4.68 Å². The van der Waals surface area contributed by atoms with Crippen LogP contribution < -0.4 is 10.6 Å². The first-order valence-corrected chi connectivity index (χ1v) is 5.52. The zero-order chi connectivity index (χ0) is 12.1. The first kappa shape index (κ1) is 12.5. The van der Waals surface area contributed by atoms with Crippen molar-refractivity contribution >= 4 is 11.6 Å². The molecule has 0 radical (unpaired) electrons. The van der Waals surface area contributed by atoms with Crippen LogP contribution in [-0.4, -0.2) is 28.3 Å². The van der Waals surface area contributed by atoms with Gasteiger partial charge in [-0.05, 0) is 20.8 Å². The van der Waals surface area contributed by atoms with Crippen molar-refractivity contribution in [2.45, 2.75) is 33.2 Å². The van der Waals surface area contributed by atoms with Crippen LogP contribution in [-0.2, 0) is 11.8 Å². The molecule has 2 N–H and O–H groups in total. The molecule has 90 valence electrons. The SMILES string of the molecule is Cc1nn(C)cc1NCCC(=O)NC(C)C. The third kappa shape index (κ3) is 3.92. The molecule has 0 bridgehead atoms. The van der Waals surface area contributed by atoms with Crippen molar-refractivity contribution in [3.05, 3.63) is 11.9 Å². The summed E-state index contributed by atoms with van der Waals surface area (Å²) in [4.78, 5) is 11.4. The Morgan fingerprint density at radius 2 is 2.25 bits per heavy atom. The Morgan fingerprint density at radius 1 is 1.56 bits per heavy atom. The maximum atomic E-state index is 11.4. The smallest absolute Gasteiger partial charge is 0.221 e. The highest BCUT2D eigenvalue weighted by atomic mass is 16.1. The highest BCUT2D eigenvalue weighted by Gasteiger charge is 2.05. The lowest BCUT2D eigenvalue weighted by atomic mass is 10.3. The van der Waals surface area contributed by atoms with E-state index in [1.165, 1.54) is 0 Å². The molecule has 1 aromatic heterocycles. The van der Waals surface area contributed by atoms with E-state index < -0.39 is 0 Å². The molecule has 0 saturated carbocycles. The summed E-state index contributed by atoms with van der Waals surface area (Å²) in [5.41, 5.74) is 1.94. The van der Waals surface area contributed by atoms with Gasteiger partial charge >= 0.3 is 0 Å². The predicted molar refractivity (Wildman–Crippen MR) is 64.3 cm³/mol. The minimum atomic E-state index is 0.0732. The highest BCUT2D eigenvalue weighted by Crippen LogP contribution is 2.10. The number of nitrogens with one attached hydrogen (secondary N) is 2. The summed E-state index contributed by atoms with van der Waals surface area (Å²) in [6.45, 7) is 6.48. The van der Waals surface area contributed by atoms with Gasteiger partial charge in [0.1, 0.15) is 0 Å². The maximum Gasteiger partial charge on any atom is 0.221 e. The fourth-order valence-corrected chi connectivity index (χ4v) is 1.48. The largest absolute Gasteiger partial charge is 0.382 e. The van der Waals surface area contributed by atoms with Crippen LogP contribution in [0.4, 0.5) is 5.69 Å². The van der Waals surface area contributed by atoms with E-state index in [0.717, 1.165) is 11.4 Å². The van der Waals surface area contributed by atoms with Crippen molar-refractivity contribution < 1.29 is 4.79 Å². The van der Waals surface area contributed by atoms with Gasteiger partial charge in [0.2, 0.25) is 5.91 Å². The van der Waals surface area contributed by atoms with Gasteiger partial charge in [-0.2, -0.15) is 5.10 Å². The summed E-state index contributed by atoms with van der Waals surface area (Å²) >= 11 is 0. The van der Waals surface area contributed by atoms with E-state index in [4.69, 9.17) is 0 Å². The molecule has 0 aliphatic heterocycles. The standard InChI is InChI=1S/C11H20N4O/c1-8(2)13-11(16)5-6-12-10-7-15(4)14-9(10)3/h7-8,12H,5-6H2,1-4H3,(H,13,16). The summed E-state index contributed by atoms with van der Waals surface area (Å²) in [7, 11) is 1.88. The molecule has 5 heteroatoms. The molecular weight excluding hydrogens is 204 g/mol. The van der Waals surface area contributed by atoms with Crippen LogP contribution in [0.25, 0.3) is 0 Å². The van der Waals surface area contributed by atoms with Gasteiger partial charge in [-0.1, -0.05) is 0 Å². The topological polar surface area (TPSA) is 59.0 Å². The number of amides is 1. The van der Waals surface area contributed by atoms with E-state index in [-0.39, 0.29) is 11.9 Å². The number of anilines is 1. The molecule has 0 aliphatic carbocycles. The van der Waals surface area contributed by atoms with Crippen molar-refractivity contribution in [2.75, 3.05) is 11.9 Å². The molecule has 16 heavy (non-hydrogen) atoms. The lowest BCUT2D eigenvalue weighted by Crippen LogP contribution is -2.31. The summed E-state index contributed by atoms with van der Waals surface area (Å²) in [6.07, 6.45) is 2.39. The number of rotatable bonds is 5. The zero-order valence-corrected chi connectivity index (χ0v) is 10.4. The molecule has 1 amide bonds. The Labute approximate surface area is 96.2 Å². The molecule has 0 fully saturated rings. The van der Waals surface area contributed by atoms with Gasteiger partial charge in [-0.25, -0.2) is 0 Å². The molecule has 0 saturated heterocycles. The first-order chi connectivity index (χ1) is 7.49. The zero-order valence-electron chi connectivity index (χ0n) is 10.4. The van der Waals surface area contributed by atoms with E-state index in [2.05, 4.69) is 15.7 Å². The molecule has 0 aromatic carbocycles. The van der Waals surface area contributed by atoms with Crippen LogP contribution in [0.15, 0.2) is 6.20 Å². The van der Waals surface area contributed by atoms with E-state index in [9.17, 15) is 4.79 Å². The molecule has 1 heterocycles. The Kier molecular flexibility index (Phi) is 4.34. The molecule has 0 spiro atoms. The number of carbonyl (C=O) groups is 1. The van der Waals surface area contributed by atoms with Crippen LogP contribution in [0.1, 0.15) is 26.0 Å². The molecule has 0 aliphatic rings. The normalized spacial score (nSPS) is 10.6. The number of hydrogen-bond acceptors (Lipinski definition) is 3. The van der Waals surface area contributed by atoms with Gasteiger partial charge in [-0.15, -0.1) is 0 Å². The highest BCUT2D eigenvalue weighted by molar-refractivity contribution is 5.76. The van der Waals surface area contributed by atoms with Crippen LogP contribution >= 0.6 is 0 Å². The van der Waals surface area contributed by atoms with Gasteiger partial charge in [0.05, 0.1) is 11.4 Å². The second kappa shape index (κ2) is 5.53. The van der Waals surface area contributed by atoms with E-state index in [0.29, 0.717) is 13.0 Å². The lowest BCUT2D eigenvalue weighted by molar-refractivity contribution is -0.121. The first-order valence-electron chi connectivity index (χ1n) is 5.52. The maximum absolute atomic E-state index is 11.4. The minimum Gasteiger partial charge on any atom is -0.382 e. The third-order valence-electron chi connectivity index (χ3n) is 2.13. The molecule has 1 rings (SSSR count). The van der Waals surface area contributed by atoms with Gasteiger partial charge < -0.3 is 10.6 Å². The van der Waals surface area contributed by atoms with Gasteiger partial charge in [0.15, 0.2) is 0 Å². The van der Waals surface area contributed by atoms with Gasteiger partial charge in [-0.3, -0.25) is 9.48 Å². The Balaban J connectivity index is 2.30. The van der Waals surface area contributed by atoms with Crippen LogP contribution in [0.2, 0.25) is 0 Å². The summed E-state index contributed by atoms with van der Waals surface area (Å²) in [6, 6.07) is 0.202. The number of carbonyl (C=O) groups excluding carboxylic acids is 1. The van der Waals surface area contributed by atoms with E-state index >= 15 is 0 Å². The Morgan fingerprint density at radius 3 is 2.75 bits per heavy atom. The summed E-state index contributed by atoms with van der Waals surface area (Å²) < 4.78 is 1.76. The average Bonchev–Trinajstić information content (AvgIpc) is 2.44. The predicted octanol–water partition coefficient (Wildman–Crippen LogP) is 1.06. The lowest BCUT2D eigenvalue weighted by Gasteiger charge is -2.08. The van der Waals surface area contributed by atoms with Gasteiger partial charge in [0.25, 0.3) is 0 Å². The van der Waals surface area contributed by atoms with Crippen LogP contribution in [0.3, 0.4) is 0 Å².